The molecule has 1 unspecified atom stereocenters. The highest BCUT2D eigenvalue weighted by molar-refractivity contribution is 7.10. The number of nitrogens with one attached hydrogen (secondary N) is 1. The van der Waals surface area contributed by atoms with Crippen molar-refractivity contribution >= 4 is 22.7 Å². The quantitative estimate of drug-likeness (QED) is 0.635. The molecule has 21 heavy (non-hydrogen) atoms. The van der Waals surface area contributed by atoms with Crippen molar-refractivity contribution in [3.63, 3.8) is 0 Å². The van der Waals surface area contributed by atoms with E-state index in [1.54, 1.807) is 11.3 Å². The topological polar surface area (TPSA) is 64.4 Å². The molecule has 1 atom stereocenters. The molecule has 1 N–H and O–H groups in total. The van der Waals surface area contributed by atoms with Crippen molar-refractivity contribution in [3.8, 4) is 5.75 Å². The van der Waals surface area contributed by atoms with E-state index in [4.69, 9.17) is 4.74 Å². The molecule has 112 valence electrons. The molecule has 0 bridgehead atoms. The molecule has 2 rings (SSSR count). The molecule has 7 heteroatoms. The van der Waals surface area contributed by atoms with E-state index in [0.717, 1.165) is 17.4 Å². The Hall–Kier alpha value is -2.15. The number of halogens is 1. The van der Waals surface area contributed by atoms with E-state index in [-0.39, 0.29) is 23.2 Å². The number of methoxy groups -OCH3 is 1. The molecular weight excluding hydrogens is 295 g/mol. The normalized spacial score (nSPS) is 12.0. The molecule has 0 aliphatic rings. The summed E-state index contributed by atoms with van der Waals surface area (Å²) >= 11 is 1.57. The molecule has 0 saturated carbocycles. The van der Waals surface area contributed by atoms with Gasteiger partial charge in [0.1, 0.15) is 0 Å². The van der Waals surface area contributed by atoms with E-state index in [2.05, 4.69) is 5.32 Å². The summed E-state index contributed by atoms with van der Waals surface area (Å²) in [5, 5.41) is 15.9. The monoisotopic (exact) mass is 310 g/mol. The zero-order valence-corrected chi connectivity index (χ0v) is 12.4. The van der Waals surface area contributed by atoms with Gasteiger partial charge in [-0.25, -0.2) is 4.39 Å². The van der Waals surface area contributed by atoms with Crippen LogP contribution in [-0.4, -0.2) is 12.0 Å². The van der Waals surface area contributed by atoms with E-state index in [1.807, 2.05) is 24.4 Å². The van der Waals surface area contributed by atoms with Gasteiger partial charge in [0.15, 0.2) is 11.6 Å². The molecule has 0 spiro atoms. The average Bonchev–Trinajstić information content (AvgIpc) is 2.99. The molecule has 0 saturated heterocycles. The second-order valence-electron chi connectivity index (χ2n) is 4.38. The first-order valence-corrected chi connectivity index (χ1v) is 7.26. The molecule has 0 radical (unpaired) electrons. The maximum Gasteiger partial charge on any atom is 0.313 e. The third kappa shape index (κ3) is 3.30. The van der Waals surface area contributed by atoms with Crippen molar-refractivity contribution in [2.75, 3.05) is 12.4 Å². The second kappa shape index (κ2) is 6.53. The first-order chi connectivity index (χ1) is 10.1. The van der Waals surface area contributed by atoms with Gasteiger partial charge in [0.2, 0.25) is 0 Å². The lowest BCUT2D eigenvalue weighted by molar-refractivity contribution is -0.385. The molecule has 0 amide bonds. The average molecular weight is 310 g/mol. The van der Waals surface area contributed by atoms with Gasteiger partial charge in [0.25, 0.3) is 0 Å². The van der Waals surface area contributed by atoms with Crippen molar-refractivity contribution in [1.29, 1.82) is 0 Å². The van der Waals surface area contributed by atoms with Crippen LogP contribution in [0, 0.1) is 15.9 Å². The number of benzene rings is 1. The Morgan fingerprint density at radius 1 is 1.52 bits per heavy atom. The lowest BCUT2D eigenvalue weighted by atomic mass is 10.1. The summed E-state index contributed by atoms with van der Waals surface area (Å²) in [6, 6.07) is 6.04. The Labute approximate surface area is 125 Å². The minimum Gasteiger partial charge on any atom is -0.490 e. The van der Waals surface area contributed by atoms with E-state index in [9.17, 15) is 14.5 Å². The lowest BCUT2D eigenvalue weighted by Crippen LogP contribution is -2.10. The van der Waals surface area contributed by atoms with Gasteiger partial charge >= 0.3 is 5.69 Å². The van der Waals surface area contributed by atoms with Crippen LogP contribution in [0.2, 0.25) is 0 Å². The Kier molecular flexibility index (Phi) is 4.74. The lowest BCUT2D eigenvalue weighted by Gasteiger charge is -2.18. The van der Waals surface area contributed by atoms with Crippen molar-refractivity contribution in [2.45, 2.75) is 19.4 Å². The van der Waals surface area contributed by atoms with Gasteiger partial charge in [-0.05, 0) is 17.9 Å². The summed E-state index contributed by atoms with van der Waals surface area (Å²) < 4.78 is 19.0. The van der Waals surface area contributed by atoms with Crippen molar-refractivity contribution in [1.82, 2.24) is 0 Å². The van der Waals surface area contributed by atoms with Crippen LogP contribution in [0.5, 0.6) is 5.75 Å². The number of rotatable bonds is 6. The van der Waals surface area contributed by atoms with Gasteiger partial charge in [0, 0.05) is 10.9 Å². The van der Waals surface area contributed by atoms with Crippen LogP contribution in [0.25, 0.3) is 0 Å². The van der Waals surface area contributed by atoms with Crippen molar-refractivity contribution in [2.24, 2.45) is 0 Å². The molecule has 5 nitrogen and oxygen atoms in total. The van der Waals surface area contributed by atoms with Crippen LogP contribution in [0.4, 0.5) is 15.8 Å². The Morgan fingerprint density at radius 2 is 2.29 bits per heavy atom. The van der Waals surface area contributed by atoms with Gasteiger partial charge in [-0.2, -0.15) is 0 Å². The van der Waals surface area contributed by atoms with Crippen LogP contribution < -0.4 is 10.1 Å². The molecule has 1 aromatic heterocycles. The Morgan fingerprint density at radius 3 is 2.81 bits per heavy atom. The molecule has 0 aliphatic carbocycles. The summed E-state index contributed by atoms with van der Waals surface area (Å²) in [5.74, 6) is -0.637. The van der Waals surface area contributed by atoms with Crippen LogP contribution in [0.1, 0.15) is 24.3 Å². The van der Waals surface area contributed by atoms with Gasteiger partial charge in [-0.3, -0.25) is 10.1 Å². The molecule has 2 aromatic rings. The molecule has 1 aromatic carbocycles. The van der Waals surface area contributed by atoms with Crippen LogP contribution >= 0.6 is 11.3 Å². The van der Waals surface area contributed by atoms with Crippen LogP contribution in [0.3, 0.4) is 0 Å². The van der Waals surface area contributed by atoms with E-state index in [1.165, 1.54) is 13.2 Å². The van der Waals surface area contributed by atoms with Crippen molar-refractivity contribution in [3.05, 3.63) is 50.5 Å². The summed E-state index contributed by atoms with van der Waals surface area (Å²) in [5.41, 5.74) is -0.192. The zero-order valence-electron chi connectivity index (χ0n) is 11.6. The van der Waals surface area contributed by atoms with Gasteiger partial charge in [-0.15, -0.1) is 11.3 Å². The van der Waals surface area contributed by atoms with E-state index >= 15 is 0 Å². The number of ether oxygens (including phenoxy) is 1. The number of thiophene rings is 1. The highest BCUT2D eigenvalue weighted by atomic mass is 32.1. The Bertz CT molecular complexity index is 631. The summed E-state index contributed by atoms with van der Waals surface area (Å²) in [4.78, 5) is 11.3. The maximum absolute atomic E-state index is 14.0. The first-order valence-electron chi connectivity index (χ1n) is 6.38. The second-order valence-corrected chi connectivity index (χ2v) is 5.36. The van der Waals surface area contributed by atoms with Gasteiger partial charge in [-0.1, -0.05) is 13.0 Å². The fourth-order valence-corrected chi connectivity index (χ4v) is 2.87. The summed E-state index contributed by atoms with van der Waals surface area (Å²) in [7, 11) is 1.32. The smallest absolute Gasteiger partial charge is 0.313 e. The highest BCUT2D eigenvalue weighted by Gasteiger charge is 2.21. The van der Waals surface area contributed by atoms with Gasteiger partial charge < -0.3 is 10.1 Å². The minimum atomic E-state index is -0.669. The first kappa shape index (κ1) is 15.2. The van der Waals surface area contributed by atoms with Gasteiger partial charge in [0.05, 0.1) is 29.8 Å². The number of hydrogen-bond donors (Lipinski definition) is 1. The SMILES string of the molecule is CCC(Nc1cc(OC)c([N+](=O)[O-])cc1F)c1cccs1. The fourth-order valence-electron chi connectivity index (χ4n) is 2.01. The van der Waals surface area contributed by atoms with Crippen LogP contribution in [-0.2, 0) is 0 Å². The number of nitro groups is 1. The van der Waals surface area contributed by atoms with E-state index < -0.39 is 10.7 Å². The summed E-state index contributed by atoms with van der Waals surface area (Å²) in [6.07, 6.45) is 0.763. The van der Waals surface area contributed by atoms with Crippen molar-refractivity contribution < 1.29 is 14.1 Å². The number of anilines is 1. The Balaban J connectivity index is 2.33. The third-order valence-corrected chi connectivity index (χ3v) is 4.08. The maximum atomic E-state index is 14.0. The van der Waals surface area contributed by atoms with E-state index in [0.29, 0.717) is 0 Å². The number of hydrogen-bond acceptors (Lipinski definition) is 5. The number of nitrogens with zero attached hydrogens (tertiary/aromatic N) is 1. The van der Waals surface area contributed by atoms with Crippen LogP contribution in [0.15, 0.2) is 29.6 Å². The summed E-state index contributed by atoms with van der Waals surface area (Å²) in [6.45, 7) is 1.98. The number of nitro benzene ring substituents is 1. The molecule has 1 heterocycles. The third-order valence-electron chi connectivity index (χ3n) is 3.09. The molecule has 0 fully saturated rings. The predicted molar refractivity (Wildman–Crippen MR) is 80.6 cm³/mol. The standard InChI is InChI=1S/C14H15FN2O3S/c1-3-10(14-5-4-6-21-14)16-11-8-13(20-2)12(17(18)19)7-9(11)15/h4-8,10,16H,3H2,1-2H3. The fraction of sp³-hybridized carbons (Fsp3) is 0.286. The predicted octanol–water partition coefficient (Wildman–Crippen LogP) is 4.37. The molecule has 0 aliphatic heterocycles. The molecular formula is C14H15FN2O3S. The minimum absolute atomic E-state index is 0.0323. The largest absolute Gasteiger partial charge is 0.490 e. The highest BCUT2D eigenvalue weighted by Crippen LogP contribution is 2.35. The zero-order chi connectivity index (χ0) is 15.4.